The summed E-state index contributed by atoms with van der Waals surface area (Å²) < 4.78 is 0.966. The first-order valence-corrected chi connectivity index (χ1v) is 15.3. The molecule has 11 heteroatoms. The zero-order valence-electron chi connectivity index (χ0n) is 20.5. The number of hydrogen-bond donors (Lipinski definition) is 1. The highest BCUT2D eigenvalue weighted by Crippen LogP contribution is 2.66. The number of carbonyl (C=O) groups is 4. The number of imide groups is 2. The number of alkyl halides is 3. The van der Waals surface area contributed by atoms with Crippen molar-refractivity contribution in [3.63, 3.8) is 0 Å². The number of phenols is 1. The summed E-state index contributed by atoms with van der Waals surface area (Å²) in [6.07, 6.45) is 2.02. The Bertz CT molecular complexity index is 1500. The number of hydrogen-bond acceptors (Lipinski definition) is 5. The average molecular weight is 744 g/mol. The Morgan fingerprint density at radius 3 is 2.38 bits per heavy atom. The quantitative estimate of drug-likeness (QED) is 0.153. The van der Waals surface area contributed by atoms with Crippen LogP contribution in [0.15, 0.2) is 54.1 Å². The maximum atomic E-state index is 14.0. The fourth-order valence-corrected chi connectivity index (χ4v) is 8.63. The van der Waals surface area contributed by atoms with Crippen LogP contribution in [0.2, 0.25) is 0 Å². The molecule has 0 bridgehead atoms. The largest absolute Gasteiger partial charge is 0.507 e. The molecule has 2 aliphatic heterocycles. The predicted molar refractivity (Wildman–Crippen MR) is 158 cm³/mol. The minimum Gasteiger partial charge on any atom is -0.507 e. The third-order valence-electron chi connectivity index (χ3n) is 8.68. The van der Waals surface area contributed by atoms with Gasteiger partial charge in [-0.3, -0.25) is 29.0 Å². The van der Waals surface area contributed by atoms with Crippen LogP contribution in [0.1, 0.15) is 29.9 Å². The van der Waals surface area contributed by atoms with Crippen molar-refractivity contribution in [1.82, 2.24) is 4.90 Å². The van der Waals surface area contributed by atoms with Gasteiger partial charge in [-0.05, 0) is 78.1 Å². The molecular formula is C28H22BrCl2IN2O5. The molecule has 2 aromatic rings. The van der Waals surface area contributed by atoms with Crippen molar-refractivity contribution in [2.45, 2.75) is 35.4 Å². The molecule has 6 rings (SSSR count). The molecule has 2 aromatic carbocycles. The van der Waals surface area contributed by atoms with Gasteiger partial charge in [0.25, 0.3) is 11.8 Å². The van der Waals surface area contributed by atoms with Gasteiger partial charge in [-0.25, -0.2) is 0 Å². The maximum absolute atomic E-state index is 14.0. The molecule has 4 amide bonds. The number of aromatic hydroxyl groups is 1. The van der Waals surface area contributed by atoms with Gasteiger partial charge in [-0.15, -0.1) is 23.2 Å². The third-order valence-corrected chi connectivity index (χ3v) is 11.3. The van der Waals surface area contributed by atoms with E-state index in [1.165, 1.54) is 4.90 Å². The topological polar surface area (TPSA) is 95.0 Å². The second-order valence-electron chi connectivity index (χ2n) is 10.5. The highest BCUT2D eigenvalue weighted by Gasteiger charge is 2.76. The number of anilines is 1. The van der Waals surface area contributed by atoms with Gasteiger partial charge in [0, 0.05) is 15.1 Å². The van der Waals surface area contributed by atoms with Crippen molar-refractivity contribution in [1.29, 1.82) is 0 Å². The number of phenolic OH excluding ortho intramolecular Hbond substituents is 1. The molecule has 1 N–H and O–H groups in total. The monoisotopic (exact) mass is 742 g/mol. The predicted octanol–water partition coefficient (Wildman–Crippen LogP) is 5.22. The lowest BCUT2D eigenvalue weighted by molar-refractivity contribution is -0.138. The normalized spacial score (nSPS) is 33.7. The molecule has 0 radical (unpaired) electrons. The summed E-state index contributed by atoms with van der Waals surface area (Å²) in [5, 5.41) is 11.2. The summed E-state index contributed by atoms with van der Waals surface area (Å²) in [6.45, 7) is 1.73. The molecule has 7 nitrogen and oxygen atoms in total. The Hall–Kier alpha value is -1.95. The van der Waals surface area contributed by atoms with Crippen LogP contribution in [0.4, 0.5) is 5.69 Å². The lowest BCUT2D eigenvalue weighted by Crippen LogP contribution is -2.60. The second-order valence-corrected chi connectivity index (χ2v) is 13.5. The molecule has 2 saturated heterocycles. The Labute approximate surface area is 256 Å². The number of likely N-dealkylation sites (tertiary alicyclic amines) is 1. The number of nitrogens with zero attached hydrogens (tertiary/aromatic N) is 2. The molecule has 0 spiro atoms. The van der Waals surface area contributed by atoms with Crippen LogP contribution in [0.3, 0.4) is 0 Å². The number of halogens is 4. The summed E-state index contributed by atoms with van der Waals surface area (Å²) in [5.74, 6) is -5.12. The maximum Gasteiger partial charge on any atom is 0.254 e. The highest BCUT2D eigenvalue weighted by molar-refractivity contribution is 14.1. The van der Waals surface area contributed by atoms with Crippen LogP contribution in [0.5, 0.6) is 5.75 Å². The van der Waals surface area contributed by atoms with Crippen molar-refractivity contribution in [3.8, 4) is 5.75 Å². The molecule has 3 fully saturated rings. The van der Waals surface area contributed by atoms with E-state index >= 15 is 0 Å². The molecule has 39 heavy (non-hydrogen) atoms. The van der Waals surface area contributed by atoms with Crippen LogP contribution in [0, 0.1) is 28.2 Å². The van der Waals surface area contributed by atoms with Gasteiger partial charge in [-0.2, -0.15) is 0 Å². The number of para-hydroxylation sites is 1. The van der Waals surface area contributed by atoms with E-state index in [0.29, 0.717) is 22.4 Å². The van der Waals surface area contributed by atoms with E-state index in [1.54, 1.807) is 37.3 Å². The van der Waals surface area contributed by atoms with E-state index in [4.69, 9.17) is 23.2 Å². The Kier molecular flexibility index (Phi) is 6.49. The number of benzene rings is 2. The van der Waals surface area contributed by atoms with Gasteiger partial charge in [0.15, 0.2) is 9.75 Å². The molecule has 0 aromatic heterocycles. The van der Waals surface area contributed by atoms with Gasteiger partial charge >= 0.3 is 0 Å². The number of amides is 4. The Morgan fingerprint density at radius 1 is 1.03 bits per heavy atom. The standard InChI is InChI=1S/C28H22BrCl2IN2O5/c1-13-3-2-4-18(22(13)35)21-16-9-10-17-20(24(37)34(23(17)36)15-7-5-14(32)6-8-15)19(16)11-27(30)25(38)33(12-29)26(39)28(21,27)31/h2-9,17,19-21,35H,10-12H2,1H3. The van der Waals surface area contributed by atoms with Crippen molar-refractivity contribution in [2.24, 2.45) is 17.8 Å². The van der Waals surface area contributed by atoms with E-state index in [0.717, 1.165) is 8.47 Å². The van der Waals surface area contributed by atoms with Crippen molar-refractivity contribution in [3.05, 3.63) is 68.8 Å². The summed E-state index contributed by atoms with van der Waals surface area (Å²) in [6, 6.07) is 12.2. The summed E-state index contributed by atoms with van der Waals surface area (Å²) in [7, 11) is 0. The average Bonchev–Trinajstić information content (AvgIpc) is 3.24. The number of carbonyl (C=O) groups excluding carboxylic acids is 4. The van der Waals surface area contributed by atoms with Gasteiger partial charge in [0.05, 0.1) is 23.0 Å². The fraction of sp³-hybridized carbons (Fsp3) is 0.357. The summed E-state index contributed by atoms with van der Waals surface area (Å²) >= 11 is 19.8. The first-order chi connectivity index (χ1) is 18.5. The zero-order chi connectivity index (χ0) is 28.0. The second kappa shape index (κ2) is 9.29. The summed E-state index contributed by atoms with van der Waals surface area (Å²) in [4.78, 5) is 53.4. The third kappa shape index (κ3) is 3.51. The first kappa shape index (κ1) is 27.2. The lowest BCUT2D eigenvalue weighted by atomic mass is 9.56. The number of rotatable bonds is 3. The van der Waals surface area contributed by atoms with Crippen molar-refractivity contribution >= 4 is 91.0 Å². The van der Waals surface area contributed by atoms with Crippen molar-refractivity contribution < 1.29 is 24.3 Å². The number of allylic oxidation sites excluding steroid dienone is 2. The molecular weight excluding hydrogens is 722 g/mol. The Balaban J connectivity index is 1.53. The first-order valence-electron chi connectivity index (χ1n) is 12.4. The van der Waals surface area contributed by atoms with Crippen LogP contribution in [-0.4, -0.2) is 48.8 Å². The smallest absolute Gasteiger partial charge is 0.254 e. The molecule has 4 aliphatic rings. The molecule has 6 unspecified atom stereocenters. The fourth-order valence-electron chi connectivity index (χ4n) is 6.86. The van der Waals surface area contributed by atoms with E-state index in [9.17, 15) is 24.3 Å². The van der Waals surface area contributed by atoms with E-state index < -0.39 is 45.2 Å². The Morgan fingerprint density at radius 2 is 1.72 bits per heavy atom. The van der Waals surface area contributed by atoms with Gasteiger partial charge in [0.1, 0.15) is 5.75 Å². The van der Waals surface area contributed by atoms with Crippen LogP contribution in [0.25, 0.3) is 0 Å². The van der Waals surface area contributed by atoms with Crippen molar-refractivity contribution in [2.75, 3.05) is 10.4 Å². The zero-order valence-corrected chi connectivity index (χ0v) is 25.8. The molecule has 2 aliphatic carbocycles. The van der Waals surface area contributed by atoms with E-state index in [1.807, 2.05) is 18.2 Å². The van der Waals surface area contributed by atoms with E-state index in [2.05, 4.69) is 38.5 Å². The van der Waals surface area contributed by atoms with Gasteiger partial charge < -0.3 is 5.11 Å². The van der Waals surface area contributed by atoms with E-state index in [-0.39, 0.29) is 35.9 Å². The van der Waals surface area contributed by atoms with Crippen LogP contribution >= 0.6 is 61.7 Å². The van der Waals surface area contributed by atoms with Crippen LogP contribution in [-0.2, 0) is 19.2 Å². The minimum absolute atomic E-state index is 0.0582. The lowest BCUT2D eigenvalue weighted by Gasteiger charge is -2.50. The minimum atomic E-state index is -1.94. The molecule has 6 atom stereocenters. The molecule has 2 heterocycles. The summed E-state index contributed by atoms with van der Waals surface area (Å²) in [5.41, 5.74) is 1.94. The van der Waals surface area contributed by atoms with Gasteiger partial charge in [0.2, 0.25) is 11.8 Å². The van der Waals surface area contributed by atoms with Crippen LogP contribution < -0.4 is 4.90 Å². The highest BCUT2D eigenvalue weighted by atomic mass is 127. The SMILES string of the molecule is Cc1cccc(C2C3=CCC4C(=O)N(c5ccc(I)cc5)C(=O)C4C3CC3(Cl)C(=O)N(CBr)C(=O)C23Cl)c1O. The molecule has 1 saturated carbocycles. The van der Waals surface area contributed by atoms with Gasteiger partial charge in [-0.1, -0.05) is 45.8 Å². The molecule has 202 valence electrons. The number of aryl methyl sites for hydroxylation is 1. The number of fused-ring (bicyclic) bond motifs is 4.